The molecule has 0 saturated heterocycles. The first-order chi connectivity index (χ1) is 10.7. The van der Waals surface area contributed by atoms with Gasteiger partial charge in [0.15, 0.2) is 5.76 Å². The van der Waals surface area contributed by atoms with Gasteiger partial charge in [0, 0.05) is 24.7 Å². The number of carbonyl (C=O) groups excluding carboxylic acids is 2. The molecule has 3 rings (SSSR count). The molecule has 112 valence electrons. The van der Waals surface area contributed by atoms with Gasteiger partial charge in [-0.3, -0.25) is 14.7 Å². The lowest BCUT2D eigenvalue weighted by Crippen LogP contribution is -2.34. The molecule has 2 aromatic heterocycles. The molecule has 1 aromatic carbocycles. The van der Waals surface area contributed by atoms with Crippen LogP contribution in [0.1, 0.15) is 21.0 Å². The Hall–Kier alpha value is -3.09. The van der Waals surface area contributed by atoms with Gasteiger partial charge in [-0.25, -0.2) is 0 Å². The molecule has 0 atom stereocenters. The molecule has 0 unspecified atom stereocenters. The summed E-state index contributed by atoms with van der Waals surface area (Å²) in [5.41, 5.74) is 1.05. The normalized spacial score (nSPS) is 10.5. The van der Waals surface area contributed by atoms with Crippen LogP contribution in [0.3, 0.4) is 0 Å². The summed E-state index contributed by atoms with van der Waals surface area (Å²) in [5, 5.41) is 12.5. The van der Waals surface area contributed by atoms with Gasteiger partial charge < -0.3 is 15.1 Å². The lowest BCUT2D eigenvalue weighted by Gasteiger charge is -2.04. The number of rotatable bonds is 5. The number of fused-ring (bicyclic) bond motifs is 1. The van der Waals surface area contributed by atoms with Crippen LogP contribution in [0.5, 0.6) is 0 Å². The first-order valence-electron chi connectivity index (χ1n) is 6.78. The van der Waals surface area contributed by atoms with E-state index in [0.717, 1.165) is 5.39 Å². The summed E-state index contributed by atoms with van der Waals surface area (Å²) in [5.74, 6) is -0.330. The van der Waals surface area contributed by atoms with Gasteiger partial charge in [-0.15, -0.1) is 0 Å². The Kier molecular flexibility index (Phi) is 3.86. The van der Waals surface area contributed by atoms with E-state index >= 15 is 0 Å². The molecule has 7 nitrogen and oxygen atoms in total. The third-order valence-corrected chi connectivity index (χ3v) is 3.09. The van der Waals surface area contributed by atoms with E-state index in [2.05, 4.69) is 20.8 Å². The van der Waals surface area contributed by atoms with Gasteiger partial charge >= 0.3 is 0 Å². The molecule has 2 amide bonds. The highest BCUT2D eigenvalue weighted by Gasteiger charge is 2.11. The quantitative estimate of drug-likeness (QED) is 0.618. The summed E-state index contributed by atoms with van der Waals surface area (Å²) in [6.45, 7) is 0.611. The van der Waals surface area contributed by atoms with Crippen LogP contribution in [0.2, 0.25) is 0 Å². The highest BCUT2D eigenvalue weighted by atomic mass is 16.3. The van der Waals surface area contributed by atoms with Crippen LogP contribution in [0.25, 0.3) is 11.0 Å². The van der Waals surface area contributed by atoms with Crippen molar-refractivity contribution in [3.05, 3.63) is 54.0 Å². The highest BCUT2D eigenvalue weighted by molar-refractivity contribution is 5.96. The van der Waals surface area contributed by atoms with Gasteiger partial charge in [0.25, 0.3) is 11.8 Å². The fraction of sp³-hybridized carbons (Fsp3) is 0.133. The standard InChI is InChI=1S/C15H14N4O3/c20-14(11-5-6-18-19-11)16-7-8-17-15(21)13-9-10-3-1-2-4-12(10)22-13/h1-6,9H,7-8H2,(H,16,20)(H,17,21)(H,18,19). The van der Waals surface area contributed by atoms with E-state index < -0.39 is 0 Å². The molecule has 0 saturated carbocycles. The molecule has 3 N–H and O–H groups in total. The van der Waals surface area contributed by atoms with Crippen molar-refractivity contribution in [2.45, 2.75) is 0 Å². The Labute approximate surface area is 125 Å². The SMILES string of the molecule is O=C(NCCNC(=O)c1cc2ccccc2o1)c1ccn[nH]1. The topological polar surface area (TPSA) is 100 Å². The monoisotopic (exact) mass is 298 g/mol. The average Bonchev–Trinajstić information content (AvgIpc) is 3.19. The fourth-order valence-corrected chi connectivity index (χ4v) is 2.01. The summed E-state index contributed by atoms with van der Waals surface area (Å²) in [6, 6.07) is 10.7. The van der Waals surface area contributed by atoms with E-state index in [1.54, 1.807) is 18.2 Å². The molecule has 0 radical (unpaired) electrons. The number of aromatic amines is 1. The molecule has 3 aromatic rings. The predicted octanol–water partition coefficient (Wildman–Crippen LogP) is 1.32. The predicted molar refractivity (Wildman–Crippen MR) is 79.5 cm³/mol. The van der Waals surface area contributed by atoms with Crippen molar-refractivity contribution in [2.24, 2.45) is 0 Å². The molecule has 7 heteroatoms. The number of amides is 2. The maximum atomic E-state index is 12.0. The van der Waals surface area contributed by atoms with E-state index in [-0.39, 0.29) is 17.6 Å². The van der Waals surface area contributed by atoms with Crippen LogP contribution >= 0.6 is 0 Å². The minimum atomic E-state index is -0.313. The Morgan fingerprint density at radius 2 is 1.86 bits per heavy atom. The van der Waals surface area contributed by atoms with Gasteiger partial charge in [-0.1, -0.05) is 18.2 Å². The zero-order valence-corrected chi connectivity index (χ0v) is 11.6. The first-order valence-corrected chi connectivity index (χ1v) is 6.78. The third kappa shape index (κ3) is 2.98. The molecule has 0 bridgehead atoms. The number of H-pyrrole nitrogens is 1. The van der Waals surface area contributed by atoms with Crippen molar-refractivity contribution in [3.63, 3.8) is 0 Å². The molecule has 22 heavy (non-hydrogen) atoms. The van der Waals surface area contributed by atoms with E-state index in [1.807, 2.05) is 18.2 Å². The van der Waals surface area contributed by atoms with Crippen molar-refractivity contribution in [2.75, 3.05) is 13.1 Å². The lowest BCUT2D eigenvalue weighted by molar-refractivity contribution is 0.0910. The van der Waals surface area contributed by atoms with E-state index in [4.69, 9.17) is 4.42 Å². The maximum absolute atomic E-state index is 12.0. The van der Waals surface area contributed by atoms with Crippen molar-refractivity contribution in [3.8, 4) is 0 Å². The molecule has 0 aliphatic carbocycles. The highest BCUT2D eigenvalue weighted by Crippen LogP contribution is 2.18. The lowest BCUT2D eigenvalue weighted by atomic mass is 10.2. The van der Waals surface area contributed by atoms with Crippen LogP contribution in [0.4, 0.5) is 0 Å². The van der Waals surface area contributed by atoms with Gasteiger partial charge in [0.05, 0.1) is 0 Å². The summed E-state index contributed by atoms with van der Waals surface area (Å²) in [6.07, 6.45) is 1.50. The molecule has 0 aliphatic heterocycles. The van der Waals surface area contributed by atoms with Crippen LogP contribution < -0.4 is 10.6 Å². The number of para-hydroxylation sites is 1. The molecular formula is C15H14N4O3. The molecule has 0 fully saturated rings. The number of hydrogen-bond donors (Lipinski definition) is 3. The smallest absolute Gasteiger partial charge is 0.287 e. The van der Waals surface area contributed by atoms with Crippen LogP contribution in [0.15, 0.2) is 47.0 Å². The second kappa shape index (κ2) is 6.13. The molecule has 0 spiro atoms. The van der Waals surface area contributed by atoms with Gasteiger partial charge in [-0.2, -0.15) is 5.10 Å². The van der Waals surface area contributed by atoms with Gasteiger partial charge in [0.1, 0.15) is 11.3 Å². The zero-order valence-electron chi connectivity index (χ0n) is 11.6. The summed E-state index contributed by atoms with van der Waals surface area (Å²) >= 11 is 0. The van der Waals surface area contributed by atoms with E-state index in [9.17, 15) is 9.59 Å². The molecule has 0 aliphatic rings. The summed E-state index contributed by atoms with van der Waals surface area (Å²) in [7, 11) is 0. The van der Waals surface area contributed by atoms with Crippen molar-refractivity contribution < 1.29 is 14.0 Å². The minimum Gasteiger partial charge on any atom is -0.451 e. The van der Waals surface area contributed by atoms with Gasteiger partial charge in [-0.05, 0) is 18.2 Å². The maximum Gasteiger partial charge on any atom is 0.287 e. The van der Waals surface area contributed by atoms with E-state index in [0.29, 0.717) is 24.4 Å². The van der Waals surface area contributed by atoms with Crippen molar-refractivity contribution in [1.82, 2.24) is 20.8 Å². The van der Waals surface area contributed by atoms with Crippen LogP contribution in [-0.4, -0.2) is 35.1 Å². The number of aromatic nitrogens is 2. The number of furan rings is 1. The average molecular weight is 298 g/mol. The van der Waals surface area contributed by atoms with Crippen molar-refractivity contribution in [1.29, 1.82) is 0 Å². The number of carbonyl (C=O) groups is 2. The molecular weight excluding hydrogens is 284 g/mol. The second-order valence-corrected chi connectivity index (χ2v) is 4.63. The Morgan fingerprint density at radius 1 is 1.09 bits per heavy atom. The van der Waals surface area contributed by atoms with E-state index in [1.165, 1.54) is 6.20 Å². The van der Waals surface area contributed by atoms with Crippen molar-refractivity contribution >= 4 is 22.8 Å². The van der Waals surface area contributed by atoms with Gasteiger partial charge in [0.2, 0.25) is 0 Å². The number of benzene rings is 1. The number of nitrogens with zero attached hydrogens (tertiary/aromatic N) is 1. The fourth-order valence-electron chi connectivity index (χ4n) is 2.01. The summed E-state index contributed by atoms with van der Waals surface area (Å²) < 4.78 is 5.45. The largest absolute Gasteiger partial charge is 0.451 e. The number of nitrogens with one attached hydrogen (secondary N) is 3. The zero-order chi connectivity index (χ0) is 15.4. The Morgan fingerprint density at radius 3 is 2.59 bits per heavy atom. The third-order valence-electron chi connectivity index (χ3n) is 3.09. The molecule has 2 heterocycles. The Balaban J connectivity index is 1.49. The van der Waals surface area contributed by atoms with Crippen LogP contribution in [0, 0.1) is 0 Å². The minimum absolute atomic E-state index is 0.251. The number of hydrogen-bond acceptors (Lipinski definition) is 4. The summed E-state index contributed by atoms with van der Waals surface area (Å²) in [4.78, 5) is 23.6. The van der Waals surface area contributed by atoms with Crippen LogP contribution in [-0.2, 0) is 0 Å². The second-order valence-electron chi connectivity index (χ2n) is 4.63. The Bertz CT molecular complexity index is 759. The first kappa shape index (κ1) is 13.9.